The van der Waals surface area contributed by atoms with Gasteiger partial charge in [-0.15, -0.1) is 0 Å². The van der Waals surface area contributed by atoms with Crippen LogP contribution >= 0.6 is 11.6 Å². The van der Waals surface area contributed by atoms with E-state index in [0.29, 0.717) is 31.3 Å². The number of rotatable bonds is 6. The molecule has 2 aromatic rings. The second-order valence-electron chi connectivity index (χ2n) is 6.02. The predicted octanol–water partition coefficient (Wildman–Crippen LogP) is 2.57. The number of ether oxygens (including phenoxy) is 1. The van der Waals surface area contributed by atoms with Crippen molar-refractivity contribution in [2.24, 2.45) is 0 Å². The Bertz CT molecular complexity index is 848. The molecule has 0 radical (unpaired) electrons. The summed E-state index contributed by atoms with van der Waals surface area (Å²) in [6.07, 6.45) is 2.54. The maximum absolute atomic E-state index is 12.5. The summed E-state index contributed by atoms with van der Waals surface area (Å²) in [6.45, 7) is 6.21. The third-order valence-electron chi connectivity index (χ3n) is 4.36. The first-order chi connectivity index (χ1) is 11.4. The molecule has 0 unspecified atom stereocenters. The molecule has 8 heteroatoms. The van der Waals surface area contributed by atoms with Gasteiger partial charge in [0.15, 0.2) is 0 Å². The molecule has 6 nitrogen and oxygen atoms in total. The van der Waals surface area contributed by atoms with Crippen LogP contribution in [0.3, 0.4) is 0 Å². The normalized spacial score (nSPS) is 15.8. The van der Waals surface area contributed by atoms with Crippen molar-refractivity contribution < 1.29 is 13.2 Å². The molecule has 0 spiro atoms. The van der Waals surface area contributed by atoms with Gasteiger partial charge in [0.1, 0.15) is 5.65 Å². The number of sulfonamides is 1. The molecule has 24 heavy (non-hydrogen) atoms. The third-order valence-corrected chi connectivity index (χ3v) is 6.52. The minimum atomic E-state index is -3.31. The Balaban J connectivity index is 1.80. The topological polar surface area (TPSA) is 64.4 Å². The fourth-order valence-electron chi connectivity index (χ4n) is 2.98. The monoisotopic (exact) mass is 371 g/mol. The Labute approximate surface area is 147 Å². The lowest BCUT2D eigenvalue weighted by Gasteiger charge is -2.28. The molecule has 0 aliphatic carbocycles. The van der Waals surface area contributed by atoms with Crippen molar-refractivity contribution in [1.82, 2.24) is 13.9 Å². The number of aryl methyl sites for hydroxylation is 1. The molecule has 0 N–H and O–H groups in total. The van der Waals surface area contributed by atoms with E-state index in [1.165, 1.54) is 4.31 Å². The van der Waals surface area contributed by atoms with E-state index in [1.54, 1.807) is 6.20 Å². The van der Waals surface area contributed by atoms with E-state index in [9.17, 15) is 8.42 Å². The zero-order valence-corrected chi connectivity index (χ0v) is 15.5. The summed E-state index contributed by atoms with van der Waals surface area (Å²) < 4.78 is 33.9. The van der Waals surface area contributed by atoms with Crippen LogP contribution in [0.25, 0.3) is 11.0 Å². The van der Waals surface area contributed by atoms with Gasteiger partial charge in [-0.1, -0.05) is 18.5 Å². The lowest BCUT2D eigenvalue weighted by atomic mass is 10.2. The maximum Gasteiger partial charge on any atom is 0.216 e. The molecule has 2 aromatic heterocycles. The summed E-state index contributed by atoms with van der Waals surface area (Å²) in [4.78, 5) is 4.42. The number of hydrogen-bond acceptors (Lipinski definition) is 4. The summed E-state index contributed by atoms with van der Waals surface area (Å²) in [5, 5.41) is 1.62. The van der Waals surface area contributed by atoms with Crippen LogP contribution in [-0.4, -0.2) is 47.8 Å². The van der Waals surface area contributed by atoms with Gasteiger partial charge in [-0.2, -0.15) is 4.31 Å². The van der Waals surface area contributed by atoms with Crippen molar-refractivity contribution in [2.45, 2.75) is 33.4 Å². The molecular weight excluding hydrogens is 350 g/mol. The first-order valence-corrected chi connectivity index (χ1v) is 10.1. The van der Waals surface area contributed by atoms with Gasteiger partial charge >= 0.3 is 0 Å². The molecule has 0 bridgehead atoms. The number of nitrogens with zero attached hydrogens (tertiary/aromatic N) is 3. The van der Waals surface area contributed by atoms with Gasteiger partial charge in [-0.25, -0.2) is 13.4 Å². The predicted molar refractivity (Wildman–Crippen MR) is 94.8 cm³/mol. The SMILES string of the molecule is CCCOCCS(=O)(=O)N1CCn2c(cc3c(C)c(Cl)cnc32)C1. The highest BCUT2D eigenvalue weighted by molar-refractivity contribution is 7.89. The number of pyridine rings is 1. The van der Waals surface area contributed by atoms with Crippen LogP contribution in [0.1, 0.15) is 24.6 Å². The smallest absolute Gasteiger partial charge is 0.216 e. The molecule has 0 saturated carbocycles. The Morgan fingerprint density at radius 1 is 1.33 bits per heavy atom. The zero-order chi connectivity index (χ0) is 17.3. The Kier molecular flexibility index (Phi) is 5.15. The first-order valence-electron chi connectivity index (χ1n) is 8.13. The lowest BCUT2D eigenvalue weighted by Crippen LogP contribution is -2.40. The van der Waals surface area contributed by atoms with E-state index >= 15 is 0 Å². The van der Waals surface area contributed by atoms with Gasteiger partial charge in [-0.3, -0.25) is 0 Å². The lowest BCUT2D eigenvalue weighted by molar-refractivity contribution is 0.148. The molecule has 0 fully saturated rings. The van der Waals surface area contributed by atoms with Crippen molar-refractivity contribution in [1.29, 1.82) is 0 Å². The largest absolute Gasteiger partial charge is 0.380 e. The summed E-state index contributed by atoms with van der Waals surface area (Å²) in [6, 6.07) is 2.00. The van der Waals surface area contributed by atoms with Crippen LogP contribution in [0.15, 0.2) is 12.3 Å². The summed E-state index contributed by atoms with van der Waals surface area (Å²) in [7, 11) is -3.31. The highest BCUT2D eigenvalue weighted by Gasteiger charge is 2.28. The van der Waals surface area contributed by atoms with Gasteiger partial charge in [0.25, 0.3) is 0 Å². The van der Waals surface area contributed by atoms with Crippen molar-refractivity contribution in [3.8, 4) is 0 Å². The first kappa shape index (κ1) is 17.7. The van der Waals surface area contributed by atoms with Crippen LogP contribution in [0.2, 0.25) is 5.02 Å². The van der Waals surface area contributed by atoms with Crippen molar-refractivity contribution in [3.05, 3.63) is 28.5 Å². The summed E-state index contributed by atoms with van der Waals surface area (Å²) in [5.74, 6) is 0.0241. The van der Waals surface area contributed by atoms with Crippen molar-refractivity contribution >= 4 is 32.7 Å². The molecule has 0 saturated heterocycles. The third kappa shape index (κ3) is 3.31. The zero-order valence-electron chi connectivity index (χ0n) is 14.0. The van der Waals surface area contributed by atoms with E-state index < -0.39 is 10.0 Å². The van der Waals surface area contributed by atoms with Gasteiger partial charge in [0.05, 0.1) is 23.9 Å². The average molecular weight is 372 g/mol. The highest BCUT2D eigenvalue weighted by Crippen LogP contribution is 2.29. The molecule has 1 aliphatic heterocycles. The van der Waals surface area contributed by atoms with E-state index in [0.717, 1.165) is 28.7 Å². The molecule has 1 aliphatic rings. The maximum atomic E-state index is 12.5. The second kappa shape index (κ2) is 7.00. The van der Waals surface area contributed by atoms with Crippen LogP contribution in [0.5, 0.6) is 0 Å². The Morgan fingerprint density at radius 2 is 2.12 bits per heavy atom. The van der Waals surface area contributed by atoms with Gasteiger partial charge in [0.2, 0.25) is 10.0 Å². The van der Waals surface area contributed by atoms with Gasteiger partial charge < -0.3 is 9.30 Å². The minimum Gasteiger partial charge on any atom is -0.380 e. The minimum absolute atomic E-state index is 0.0241. The quantitative estimate of drug-likeness (QED) is 0.732. The van der Waals surface area contributed by atoms with Crippen molar-refractivity contribution in [3.63, 3.8) is 0 Å². The Hall–Kier alpha value is -1.15. The standard InChI is InChI=1S/C16H22ClN3O3S/c1-3-6-23-7-8-24(21,22)19-4-5-20-13(11-19)9-14-12(2)15(17)10-18-16(14)20/h9-10H,3-8,11H2,1-2H3. The van der Waals surface area contributed by atoms with Crippen molar-refractivity contribution in [2.75, 3.05) is 25.5 Å². The molecule has 3 rings (SSSR count). The fraction of sp³-hybridized carbons (Fsp3) is 0.562. The van der Waals surface area contributed by atoms with E-state index in [2.05, 4.69) is 9.55 Å². The van der Waals surface area contributed by atoms with Gasteiger partial charge in [0, 0.05) is 37.0 Å². The highest BCUT2D eigenvalue weighted by atomic mass is 35.5. The van der Waals surface area contributed by atoms with Gasteiger partial charge in [-0.05, 0) is 25.0 Å². The summed E-state index contributed by atoms with van der Waals surface area (Å²) >= 11 is 6.14. The van der Waals surface area contributed by atoms with E-state index in [4.69, 9.17) is 16.3 Å². The van der Waals surface area contributed by atoms with E-state index in [1.807, 2.05) is 19.9 Å². The molecule has 0 amide bonds. The number of hydrogen-bond donors (Lipinski definition) is 0. The second-order valence-corrected chi connectivity index (χ2v) is 8.51. The summed E-state index contributed by atoms with van der Waals surface area (Å²) in [5.41, 5.74) is 2.80. The van der Waals surface area contributed by atoms with Crippen LogP contribution in [-0.2, 0) is 27.8 Å². The fourth-order valence-corrected chi connectivity index (χ4v) is 4.40. The number of halogens is 1. The number of fused-ring (bicyclic) bond motifs is 3. The number of aromatic nitrogens is 2. The van der Waals surface area contributed by atoms with E-state index in [-0.39, 0.29) is 12.4 Å². The Morgan fingerprint density at radius 3 is 2.88 bits per heavy atom. The molecular formula is C16H22ClN3O3S. The molecule has 132 valence electrons. The van der Waals surface area contributed by atoms with Crippen LogP contribution in [0, 0.1) is 6.92 Å². The molecule has 0 atom stereocenters. The van der Waals surface area contributed by atoms with Crippen LogP contribution in [0.4, 0.5) is 0 Å². The molecule has 0 aromatic carbocycles. The van der Waals surface area contributed by atoms with Crippen LogP contribution < -0.4 is 0 Å². The average Bonchev–Trinajstić information content (AvgIpc) is 2.93. The molecule has 3 heterocycles.